The Labute approximate surface area is 90.5 Å². The van der Waals surface area contributed by atoms with Crippen LogP contribution < -0.4 is 10.6 Å². The molecule has 0 saturated carbocycles. The van der Waals surface area contributed by atoms with Crippen molar-refractivity contribution in [3.63, 3.8) is 0 Å². The van der Waals surface area contributed by atoms with Crippen LogP contribution in [0.3, 0.4) is 0 Å². The molecule has 0 bridgehead atoms. The third-order valence-electron chi connectivity index (χ3n) is 2.62. The van der Waals surface area contributed by atoms with Crippen LogP contribution in [0.1, 0.15) is 19.8 Å². The molecule has 1 aliphatic heterocycles. The topological polar surface area (TPSA) is 59.6 Å². The Hall–Kier alpha value is -0.650. The Morgan fingerprint density at radius 2 is 2.13 bits per heavy atom. The van der Waals surface area contributed by atoms with Crippen molar-refractivity contribution < 1.29 is 14.3 Å². The first kappa shape index (κ1) is 12.4. The Bertz CT molecular complexity index is 201. The molecule has 0 radical (unpaired) electrons. The lowest BCUT2D eigenvalue weighted by molar-refractivity contribution is -0.136. The van der Waals surface area contributed by atoms with E-state index in [2.05, 4.69) is 10.6 Å². The Morgan fingerprint density at radius 1 is 1.47 bits per heavy atom. The number of ether oxygens (including phenoxy) is 2. The largest absolute Gasteiger partial charge is 0.354 e. The molecule has 5 heteroatoms. The van der Waals surface area contributed by atoms with E-state index in [1.807, 2.05) is 6.92 Å². The highest BCUT2D eigenvalue weighted by Gasteiger charge is 2.25. The number of rotatable bonds is 5. The summed E-state index contributed by atoms with van der Waals surface area (Å²) < 4.78 is 10.1. The van der Waals surface area contributed by atoms with Crippen LogP contribution in [-0.4, -0.2) is 45.0 Å². The lowest BCUT2D eigenvalue weighted by atomic mass is 10.2. The van der Waals surface area contributed by atoms with Gasteiger partial charge in [0.25, 0.3) is 0 Å². The molecule has 88 valence electrons. The van der Waals surface area contributed by atoms with Crippen molar-refractivity contribution in [2.75, 3.05) is 20.8 Å². The minimum atomic E-state index is -0.393. The second-order valence-electron chi connectivity index (χ2n) is 3.79. The maximum Gasteiger partial charge on any atom is 0.237 e. The molecule has 1 fully saturated rings. The number of nitrogens with one attached hydrogen (secondary N) is 2. The van der Waals surface area contributed by atoms with Crippen LogP contribution in [0.5, 0.6) is 0 Å². The van der Waals surface area contributed by atoms with Gasteiger partial charge in [0.05, 0.1) is 12.1 Å². The summed E-state index contributed by atoms with van der Waals surface area (Å²) in [6.45, 7) is 2.79. The standard InChI is InChI=1S/C10H20N2O3/c1-7(10(14-2)15-3)12-9(13)8-5-4-6-11-8/h7-8,10-11H,4-6H2,1-3H3,(H,12,13)/t7?,8-/m1/s1. The normalized spacial score (nSPS) is 23.1. The monoisotopic (exact) mass is 216 g/mol. The van der Waals surface area contributed by atoms with E-state index in [0.29, 0.717) is 0 Å². The van der Waals surface area contributed by atoms with Crippen LogP contribution >= 0.6 is 0 Å². The summed E-state index contributed by atoms with van der Waals surface area (Å²) >= 11 is 0. The summed E-state index contributed by atoms with van der Waals surface area (Å²) in [5, 5.41) is 6.02. The molecule has 1 unspecified atom stereocenters. The lowest BCUT2D eigenvalue weighted by Crippen LogP contribution is -2.49. The quantitative estimate of drug-likeness (QED) is 0.628. The van der Waals surface area contributed by atoms with Crippen molar-refractivity contribution in [2.24, 2.45) is 0 Å². The average molecular weight is 216 g/mol. The second-order valence-corrected chi connectivity index (χ2v) is 3.79. The first-order valence-electron chi connectivity index (χ1n) is 5.28. The number of hydrogen-bond donors (Lipinski definition) is 2. The molecule has 1 aliphatic rings. The molecule has 1 rings (SSSR count). The van der Waals surface area contributed by atoms with Gasteiger partial charge >= 0.3 is 0 Å². The summed E-state index contributed by atoms with van der Waals surface area (Å²) in [5.74, 6) is 0.0269. The molecule has 5 nitrogen and oxygen atoms in total. The van der Waals surface area contributed by atoms with E-state index in [1.54, 1.807) is 14.2 Å². The highest BCUT2D eigenvalue weighted by molar-refractivity contribution is 5.82. The molecule has 1 saturated heterocycles. The summed E-state index contributed by atoms with van der Waals surface area (Å²) in [7, 11) is 3.12. The molecular formula is C10H20N2O3. The average Bonchev–Trinajstić information content (AvgIpc) is 2.72. The fourth-order valence-electron chi connectivity index (χ4n) is 1.81. The van der Waals surface area contributed by atoms with Crippen LogP contribution in [0.15, 0.2) is 0 Å². The molecule has 1 amide bonds. The molecule has 15 heavy (non-hydrogen) atoms. The third kappa shape index (κ3) is 3.44. The minimum absolute atomic E-state index is 0.0269. The number of hydrogen-bond acceptors (Lipinski definition) is 4. The van der Waals surface area contributed by atoms with E-state index in [-0.39, 0.29) is 18.0 Å². The molecular weight excluding hydrogens is 196 g/mol. The number of carbonyl (C=O) groups excluding carboxylic acids is 1. The van der Waals surface area contributed by atoms with Crippen LogP contribution in [0.4, 0.5) is 0 Å². The van der Waals surface area contributed by atoms with E-state index in [9.17, 15) is 4.79 Å². The van der Waals surface area contributed by atoms with Crippen LogP contribution in [-0.2, 0) is 14.3 Å². The maximum atomic E-state index is 11.7. The molecule has 1 heterocycles. The van der Waals surface area contributed by atoms with E-state index in [4.69, 9.17) is 9.47 Å². The van der Waals surface area contributed by atoms with Gasteiger partial charge in [0.1, 0.15) is 0 Å². The van der Waals surface area contributed by atoms with E-state index < -0.39 is 6.29 Å². The zero-order valence-corrected chi connectivity index (χ0v) is 9.58. The summed E-state index contributed by atoms with van der Waals surface area (Å²) in [4.78, 5) is 11.7. The second kappa shape index (κ2) is 6.05. The van der Waals surface area contributed by atoms with Crippen molar-refractivity contribution in [2.45, 2.75) is 38.1 Å². The molecule has 0 aromatic rings. The molecule has 0 aromatic heterocycles. The van der Waals surface area contributed by atoms with E-state index in [0.717, 1.165) is 19.4 Å². The Morgan fingerprint density at radius 3 is 2.60 bits per heavy atom. The van der Waals surface area contributed by atoms with Crippen molar-refractivity contribution in [3.05, 3.63) is 0 Å². The van der Waals surface area contributed by atoms with Gasteiger partial charge in [-0.3, -0.25) is 4.79 Å². The summed E-state index contributed by atoms with van der Waals surface area (Å²) in [6.07, 6.45) is 1.57. The fraction of sp³-hybridized carbons (Fsp3) is 0.900. The maximum absolute atomic E-state index is 11.7. The smallest absolute Gasteiger partial charge is 0.237 e. The molecule has 2 N–H and O–H groups in total. The number of carbonyl (C=O) groups is 1. The van der Waals surface area contributed by atoms with Gasteiger partial charge in [-0.25, -0.2) is 0 Å². The highest BCUT2D eigenvalue weighted by atomic mass is 16.7. The van der Waals surface area contributed by atoms with Crippen molar-refractivity contribution in [3.8, 4) is 0 Å². The lowest BCUT2D eigenvalue weighted by Gasteiger charge is -2.23. The van der Waals surface area contributed by atoms with Gasteiger partial charge in [0.2, 0.25) is 5.91 Å². The number of methoxy groups -OCH3 is 2. The summed E-state index contributed by atoms with van der Waals surface area (Å²) in [6, 6.07) is -0.197. The molecule has 0 aliphatic carbocycles. The predicted molar refractivity (Wildman–Crippen MR) is 56.4 cm³/mol. The van der Waals surface area contributed by atoms with E-state index >= 15 is 0 Å². The van der Waals surface area contributed by atoms with Crippen molar-refractivity contribution >= 4 is 5.91 Å². The molecule has 0 aromatic carbocycles. The van der Waals surface area contributed by atoms with Gasteiger partial charge in [0, 0.05) is 14.2 Å². The fourth-order valence-corrected chi connectivity index (χ4v) is 1.81. The van der Waals surface area contributed by atoms with Crippen LogP contribution in [0.25, 0.3) is 0 Å². The molecule has 0 spiro atoms. The first-order chi connectivity index (χ1) is 7.19. The molecule has 2 atom stereocenters. The predicted octanol–water partition coefficient (Wildman–Crippen LogP) is -0.138. The van der Waals surface area contributed by atoms with Crippen molar-refractivity contribution in [1.29, 1.82) is 0 Å². The van der Waals surface area contributed by atoms with Gasteiger partial charge in [-0.2, -0.15) is 0 Å². The highest BCUT2D eigenvalue weighted by Crippen LogP contribution is 2.06. The van der Waals surface area contributed by atoms with Gasteiger partial charge < -0.3 is 20.1 Å². The minimum Gasteiger partial charge on any atom is -0.354 e. The summed E-state index contributed by atoms with van der Waals surface area (Å²) in [5.41, 5.74) is 0. The van der Waals surface area contributed by atoms with Crippen molar-refractivity contribution in [1.82, 2.24) is 10.6 Å². The Kier molecular flexibility index (Phi) is 5.01. The first-order valence-corrected chi connectivity index (χ1v) is 5.28. The SMILES string of the molecule is COC(OC)C(C)NC(=O)[C@H]1CCCN1. The Balaban J connectivity index is 2.35. The van der Waals surface area contributed by atoms with Gasteiger partial charge in [-0.15, -0.1) is 0 Å². The van der Waals surface area contributed by atoms with Gasteiger partial charge in [0.15, 0.2) is 6.29 Å². The zero-order valence-electron chi connectivity index (χ0n) is 9.58. The number of amides is 1. The van der Waals surface area contributed by atoms with Crippen LogP contribution in [0, 0.1) is 0 Å². The van der Waals surface area contributed by atoms with Gasteiger partial charge in [-0.05, 0) is 26.3 Å². The third-order valence-corrected chi connectivity index (χ3v) is 2.62. The van der Waals surface area contributed by atoms with E-state index in [1.165, 1.54) is 0 Å². The van der Waals surface area contributed by atoms with Crippen LogP contribution in [0.2, 0.25) is 0 Å². The van der Waals surface area contributed by atoms with Gasteiger partial charge in [-0.1, -0.05) is 0 Å². The zero-order chi connectivity index (χ0) is 11.3.